The maximum Gasteiger partial charge on any atom is 0.408 e. The van der Waals surface area contributed by atoms with Gasteiger partial charge in [0.15, 0.2) is 5.01 Å². The number of likely N-dealkylation sites (tertiary alicyclic amines) is 1. The number of nitrogens with zero attached hydrogens (tertiary/aromatic N) is 3. The third kappa shape index (κ3) is 5.75. The molecule has 0 spiro atoms. The number of rotatable bonds is 8. The van der Waals surface area contributed by atoms with Gasteiger partial charge in [0.1, 0.15) is 17.6 Å². The van der Waals surface area contributed by atoms with Crippen LogP contribution in [0.2, 0.25) is 0 Å². The van der Waals surface area contributed by atoms with Crippen molar-refractivity contribution in [1.29, 1.82) is 0 Å². The number of hydrogen-bond donors (Lipinski definition) is 3. The Balaban J connectivity index is 1.74. The fourth-order valence-electron chi connectivity index (χ4n) is 4.51. The highest BCUT2D eigenvalue weighted by Crippen LogP contribution is 2.39. The van der Waals surface area contributed by atoms with E-state index in [1.54, 1.807) is 4.90 Å². The molecule has 1 aliphatic heterocycles. The molecule has 14 heteroatoms. The third-order valence-electron chi connectivity index (χ3n) is 6.93. The second-order valence-corrected chi connectivity index (χ2v) is 10.5. The number of nitrogens with one attached hydrogen (secondary N) is 2. The number of amides is 2. The number of thiazole rings is 1. The van der Waals surface area contributed by atoms with Gasteiger partial charge in [-0.25, -0.2) is 18.7 Å². The highest BCUT2D eigenvalue weighted by Gasteiger charge is 2.39. The fourth-order valence-corrected chi connectivity index (χ4v) is 5.50. The lowest BCUT2D eigenvalue weighted by Gasteiger charge is -2.32. The van der Waals surface area contributed by atoms with Crippen LogP contribution in [0.1, 0.15) is 78.2 Å². The van der Waals surface area contributed by atoms with Crippen molar-refractivity contribution in [3.05, 3.63) is 28.5 Å². The van der Waals surface area contributed by atoms with Crippen molar-refractivity contribution in [2.45, 2.75) is 82.8 Å². The number of carbonyl (C=O) groups is 2. The van der Waals surface area contributed by atoms with E-state index in [4.69, 9.17) is 0 Å². The lowest BCUT2D eigenvalue weighted by molar-refractivity contribution is -0.142. The van der Waals surface area contributed by atoms with Crippen LogP contribution in [0.4, 0.5) is 27.8 Å². The van der Waals surface area contributed by atoms with Gasteiger partial charge in [-0.2, -0.15) is 13.2 Å². The average Bonchev–Trinajstić information content (AvgIpc) is 3.50. The van der Waals surface area contributed by atoms with E-state index in [9.17, 15) is 36.6 Å². The Hall–Kier alpha value is -2.87. The minimum Gasteiger partial charge on any atom is -0.391 e. The van der Waals surface area contributed by atoms with Crippen LogP contribution < -0.4 is 10.6 Å². The van der Waals surface area contributed by atoms with E-state index >= 15 is 0 Å². The monoisotopic (exact) mass is 561 g/mol. The first-order chi connectivity index (χ1) is 17.9. The number of aromatic nitrogens is 2. The van der Waals surface area contributed by atoms with Crippen molar-refractivity contribution in [3.63, 3.8) is 0 Å². The molecule has 2 aliphatic rings. The first kappa shape index (κ1) is 28.1. The van der Waals surface area contributed by atoms with E-state index in [-0.39, 0.29) is 33.6 Å². The van der Waals surface area contributed by atoms with Gasteiger partial charge in [-0.1, -0.05) is 6.92 Å². The van der Waals surface area contributed by atoms with Crippen molar-refractivity contribution in [2.75, 3.05) is 11.9 Å². The molecule has 0 aromatic carbocycles. The number of pyridine rings is 1. The van der Waals surface area contributed by atoms with Crippen molar-refractivity contribution in [2.24, 2.45) is 0 Å². The lowest BCUT2D eigenvalue weighted by atomic mass is 9.89. The summed E-state index contributed by atoms with van der Waals surface area (Å²) in [5.74, 6) is -1.58. The fraction of sp³-hybridized carbons (Fsp3) is 0.583. The standard InChI is InChI=1S/C24H28F5N5O3S/c1-3-16(24(27,28)29)32-17-9-12(20(25)26)13(10-30-17)19-18(23(37)34-8-4-5-11(34)2)33-22(38-19)21(36)31-14-6-7-15(14)35/h9-11,14-16,20,35H,3-8H2,1-2H3,(H,30,32)(H,31,36)/t11-,14+,15+,16-/m0/s1. The molecule has 2 amide bonds. The van der Waals surface area contributed by atoms with Crippen molar-refractivity contribution >= 4 is 29.0 Å². The summed E-state index contributed by atoms with van der Waals surface area (Å²) >= 11 is 0.721. The van der Waals surface area contributed by atoms with Crippen LogP contribution in [-0.2, 0) is 0 Å². The van der Waals surface area contributed by atoms with Crippen molar-refractivity contribution in [3.8, 4) is 10.4 Å². The van der Waals surface area contributed by atoms with E-state index in [2.05, 4.69) is 20.6 Å². The van der Waals surface area contributed by atoms with Crippen LogP contribution >= 0.6 is 11.3 Å². The van der Waals surface area contributed by atoms with Gasteiger partial charge in [-0.05, 0) is 45.1 Å². The summed E-state index contributed by atoms with van der Waals surface area (Å²) in [7, 11) is 0. The van der Waals surface area contributed by atoms with Gasteiger partial charge < -0.3 is 20.6 Å². The van der Waals surface area contributed by atoms with E-state index in [0.29, 0.717) is 19.4 Å². The molecule has 2 aromatic heterocycles. The summed E-state index contributed by atoms with van der Waals surface area (Å²) < 4.78 is 68.0. The Morgan fingerprint density at radius 2 is 2.00 bits per heavy atom. The van der Waals surface area contributed by atoms with Crippen LogP contribution in [-0.4, -0.2) is 68.7 Å². The highest BCUT2D eigenvalue weighted by atomic mass is 32.1. The van der Waals surface area contributed by atoms with Crippen LogP contribution in [0.25, 0.3) is 10.4 Å². The third-order valence-corrected chi connectivity index (χ3v) is 8.02. The van der Waals surface area contributed by atoms with E-state index in [0.717, 1.165) is 36.4 Å². The number of halogens is 5. The molecule has 2 fully saturated rings. The second-order valence-electron chi connectivity index (χ2n) is 9.52. The summed E-state index contributed by atoms with van der Waals surface area (Å²) in [4.78, 5) is 35.9. The summed E-state index contributed by atoms with van der Waals surface area (Å²) in [6.45, 7) is 3.59. The van der Waals surface area contributed by atoms with E-state index in [1.165, 1.54) is 6.92 Å². The van der Waals surface area contributed by atoms with Gasteiger partial charge in [0.05, 0.1) is 17.0 Å². The zero-order valence-electron chi connectivity index (χ0n) is 20.7. The van der Waals surface area contributed by atoms with Gasteiger partial charge in [0.25, 0.3) is 18.2 Å². The summed E-state index contributed by atoms with van der Waals surface area (Å²) in [6, 6.07) is -1.75. The molecule has 0 radical (unpaired) electrons. The molecule has 3 N–H and O–H groups in total. The topological polar surface area (TPSA) is 107 Å². The Morgan fingerprint density at radius 1 is 1.26 bits per heavy atom. The van der Waals surface area contributed by atoms with Crippen LogP contribution in [0.3, 0.4) is 0 Å². The molecule has 208 valence electrons. The van der Waals surface area contributed by atoms with Gasteiger partial charge in [-0.3, -0.25) is 9.59 Å². The maximum absolute atomic E-state index is 14.2. The molecule has 0 bridgehead atoms. The Bertz CT molecular complexity index is 1190. The number of hydrogen-bond acceptors (Lipinski definition) is 7. The molecule has 4 rings (SSSR count). The Labute approximate surface area is 219 Å². The maximum atomic E-state index is 14.2. The van der Waals surface area contributed by atoms with Crippen LogP contribution in [0.15, 0.2) is 12.3 Å². The highest BCUT2D eigenvalue weighted by molar-refractivity contribution is 7.17. The lowest BCUT2D eigenvalue weighted by Crippen LogP contribution is -2.50. The smallest absolute Gasteiger partial charge is 0.391 e. The molecular weight excluding hydrogens is 533 g/mol. The van der Waals surface area contributed by atoms with Crippen LogP contribution in [0, 0.1) is 0 Å². The van der Waals surface area contributed by atoms with Gasteiger partial charge in [0.2, 0.25) is 0 Å². The summed E-state index contributed by atoms with van der Waals surface area (Å²) in [6.07, 6.45) is -5.20. The van der Waals surface area contributed by atoms with E-state index < -0.39 is 54.0 Å². The Kier molecular flexibility index (Phi) is 8.21. The van der Waals surface area contributed by atoms with Gasteiger partial charge in [-0.15, -0.1) is 11.3 Å². The van der Waals surface area contributed by atoms with Gasteiger partial charge in [0, 0.05) is 29.9 Å². The van der Waals surface area contributed by atoms with Crippen molar-refractivity contribution < 1.29 is 36.6 Å². The number of alkyl halides is 5. The quantitative estimate of drug-likeness (QED) is 0.401. The minimum atomic E-state index is -4.61. The molecule has 8 nitrogen and oxygen atoms in total. The molecule has 3 heterocycles. The second kappa shape index (κ2) is 11.1. The molecule has 1 aliphatic carbocycles. The number of aliphatic hydroxyl groups is 1. The zero-order valence-corrected chi connectivity index (χ0v) is 21.5. The molecule has 2 aromatic rings. The number of aliphatic hydroxyl groups excluding tert-OH is 1. The molecule has 38 heavy (non-hydrogen) atoms. The molecule has 1 saturated carbocycles. The zero-order chi connectivity index (χ0) is 27.8. The van der Waals surface area contributed by atoms with E-state index in [1.807, 2.05) is 6.92 Å². The molecular formula is C24H28F5N5O3S. The molecule has 1 saturated heterocycles. The largest absolute Gasteiger partial charge is 0.408 e. The predicted molar refractivity (Wildman–Crippen MR) is 130 cm³/mol. The summed E-state index contributed by atoms with van der Waals surface area (Å²) in [5, 5.41) is 14.4. The Morgan fingerprint density at radius 3 is 2.53 bits per heavy atom. The normalized spacial score (nSPS) is 22.3. The molecule has 0 unspecified atom stereocenters. The average molecular weight is 562 g/mol. The first-order valence-electron chi connectivity index (χ1n) is 12.3. The summed E-state index contributed by atoms with van der Waals surface area (Å²) in [5.41, 5.74) is -1.04. The first-order valence-corrected chi connectivity index (χ1v) is 13.1. The number of anilines is 1. The predicted octanol–water partition coefficient (Wildman–Crippen LogP) is 4.77. The number of carbonyl (C=O) groups excluding carboxylic acids is 2. The minimum absolute atomic E-state index is 0.0226. The van der Waals surface area contributed by atoms with Gasteiger partial charge >= 0.3 is 6.18 Å². The van der Waals surface area contributed by atoms with Crippen molar-refractivity contribution in [1.82, 2.24) is 20.2 Å². The van der Waals surface area contributed by atoms with Crippen LogP contribution in [0.5, 0.6) is 0 Å². The molecule has 4 atom stereocenters. The SMILES string of the molecule is CC[C@H](Nc1cc(C(F)F)c(-c2sc(C(=O)N[C@@H]3CC[C@H]3O)nc2C(=O)N2CCC[C@@H]2C)cn1)C(F)(F)F.